The molecular formula is C9H15NO2. The van der Waals surface area contributed by atoms with Crippen LogP contribution in [0.5, 0.6) is 0 Å². The summed E-state index contributed by atoms with van der Waals surface area (Å²) in [6.45, 7) is 2.04. The smallest absolute Gasteiger partial charge is 0.333 e. The maximum absolute atomic E-state index is 10.7. The second-order valence-corrected chi connectivity index (χ2v) is 3.24. The summed E-state index contributed by atoms with van der Waals surface area (Å²) in [7, 11) is 0. The van der Waals surface area contributed by atoms with Gasteiger partial charge < -0.3 is 10.8 Å². The molecule has 1 atom stereocenters. The highest BCUT2D eigenvalue weighted by atomic mass is 16.4. The number of rotatable bonds is 2. The summed E-state index contributed by atoms with van der Waals surface area (Å²) in [6, 6.07) is 0. The van der Waals surface area contributed by atoms with Crippen molar-refractivity contribution in [2.75, 3.05) is 0 Å². The summed E-state index contributed by atoms with van der Waals surface area (Å²) >= 11 is 0. The minimum Gasteiger partial charge on any atom is -0.478 e. The van der Waals surface area contributed by atoms with Gasteiger partial charge in [-0.2, -0.15) is 0 Å². The van der Waals surface area contributed by atoms with E-state index in [-0.39, 0.29) is 0 Å². The van der Waals surface area contributed by atoms with Crippen LogP contribution in [0.1, 0.15) is 32.6 Å². The van der Waals surface area contributed by atoms with Crippen LogP contribution in [-0.2, 0) is 4.79 Å². The van der Waals surface area contributed by atoms with Crippen LogP contribution in [0.2, 0.25) is 0 Å². The standard InChI is InChI=1S/C9H15NO2/c1-2-6-4-3-5-7(8(6)10)9(11)12/h6H,2-5,10H2,1H3,(H,11,12). The van der Waals surface area contributed by atoms with E-state index in [0.717, 1.165) is 19.3 Å². The first-order valence-electron chi connectivity index (χ1n) is 4.38. The lowest BCUT2D eigenvalue weighted by Crippen LogP contribution is -2.22. The van der Waals surface area contributed by atoms with Crippen molar-refractivity contribution in [3.05, 3.63) is 11.3 Å². The molecule has 12 heavy (non-hydrogen) atoms. The molecule has 0 bridgehead atoms. The van der Waals surface area contributed by atoms with Crippen molar-refractivity contribution in [1.29, 1.82) is 0 Å². The van der Waals surface area contributed by atoms with Gasteiger partial charge in [-0.1, -0.05) is 6.92 Å². The third-order valence-electron chi connectivity index (χ3n) is 2.52. The number of allylic oxidation sites excluding steroid dienone is 1. The Balaban J connectivity index is 2.87. The number of carboxylic acids is 1. The first-order chi connectivity index (χ1) is 5.66. The van der Waals surface area contributed by atoms with Crippen molar-refractivity contribution >= 4 is 5.97 Å². The number of carboxylic acid groups (broad SMARTS) is 1. The fraction of sp³-hybridized carbons (Fsp3) is 0.667. The molecule has 0 saturated carbocycles. The Morgan fingerprint density at radius 1 is 1.75 bits per heavy atom. The van der Waals surface area contributed by atoms with Crippen molar-refractivity contribution in [2.45, 2.75) is 32.6 Å². The van der Waals surface area contributed by atoms with Gasteiger partial charge in [-0.05, 0) is 31.6 Å². The highest BCUT2D eigenvalue weighted by Gasteiger charge is 2.22. The molecule has 68 valence electrons. The second-order valence-electron chi connectivity index (χ2n) is 3.24. The zero-order valence-electron chi connectivity index (χ0n) is 7.34. The Labute approximate surface area is 72.3 Å². The van der Waals surface area contributed by atoms with E-state index in [1.165, 1.54) is 0 Å². The molecule has 0 radical (unpaired) electrons. The molecule has 0 aliphatic heterocycles. The van der Waals surface area contributed by atoms with Gasteiger partial charge in [-0.15, -0.1) is 0 Å². The number of hydrogen-bond acceptors (Lipinski definition) is 2. The van der Waals surface area contributed by atoms with E-state index in [2.05, 4.69) is 0 Å². The molecule has 0 aromatic heterocycles. The lowest BCUT2D eigenvalue weighted by molar-refractivity contribution is -0.133. The average Bonchev–Trinajstić information content (AvgIpc) is 2.04. The van der Waals surface area contributed by atoms with E-state index >= 15 is 0 Å². The monoisotopic (exact) mass is 169 g/mol. The lowest BCUT2D eigenvalue weighted by atomic mass is 9.86. The normalized spacial score (nSPS) is 24.2. The van der Waals surface area contributed by atoms with Gasteiger partial charge in [0.2, 0.25) is 0 Å². The Hall–Kier alpha value is -0.990. The number of aliphatic carboxylic acids is 1. The maximum Gasteiger partial charge on any atom is 0.333 e. The van der Waals surface area contributed by atoms with Gasteiger partial charge in [0.05, 0.1) is 5.57 Å². The van der Waals surface area contributed by atoms with Crippen molar-refractivity contribution in [3.63, 3.8) is 0 Å². The largest absolute Gasteiger partial charge is 0.478 e. The predicted octanol–water partition coefficient (Wildman–Crippen LogP) is 1.49. The average molecular weight is 169 g/mol. The fourth-order valence-electron chi connectivity index (χ4n) is 1.73. The minimum absolute atomic E-state index is 0.296. The molecule has 1 aliphatic carbocycles. The first kappa shape index (κ1) is 9.10. The summed E-state index contributed by atoms with van der Waals surface area (Å²) in [5, 5.41) is 8.78. The van der Waals surface area contributed by atoms with E-state index < -0.39 is 5.97 Å². The van der Waals surface area contributed by atoms with Gasteiger partial charge in [-0.25, -0.2) is 4.79 Å². The van der Waals surface area contributed by atoms with Crippen LogP contribution < -0.4 is 5.73 Å². The van der Waals surface area contributed by atoms with E-state index in [4.69, 9.17) is 10.8 Å². The Morgan fingerprint density at radius 2 is 2.42 bits per heavy atom. The van der Waals surface area contributed by atoms with Gasteiger partial charge in [0, 0.05) is 5.70 Å². The molecule has 0 saturated heterocycles. The van der Waals surface area contributed by atoms with E-state index in [0.29, 0.717) is 23.6 Å². The van der Waals surface area contributed by atoms with Gasteiger partial charge in [0.15, 0.2) is 0 Å². The fourth-order valence-corrected chi connectivity index (χ4v) is 1.73. The van der Waals surface area contributed by atoms with Crippen LogP contribution in [0.3, 0.4) is 0 Å². The van der Waals surface area contributed by atoms with Crippen molar-refractivity contribution < 1.29 is 9.90 Å². The number of hydrogen-bond donors (Lipinski definition) is 2. The molecule has 0 amide bonds. The molecule has 1 unspecified atom stereocenters. The van der Waals surface area contributed by atoms with Crippen molar-refractivity contribution in [1.82, 2.24) is 0 Å². The summed E-state index contributed by atoms with van der Waals surface area (Å²) in [6.07, 6.45) is 3.58. The summed E-state index contributed by atoms with van der Waals surface area (Å²) < 4.78 is 0. The molecular weight excluding hydrogens is 154 g/mol. The number of nitrogens with two attached hydrogens (primary N) is 1. The summed E-state index contributed by atoms with van der Waals surface area (Å²) in [4.78, 5) is 10.7. The topological polar surface area (TPSA) is 63.3 Å². The molecule has 3 nitrogen and oxygen atoms in total. The lowest BCUT2D eigenvalue weighted by Gasteiger charge is -2.22. The van der Waals surface area contributed by atoms with Crippen LogP contribution in [0.25, 0.3) is 0 Å². The minimum atomic E-state index is -0.842. The molecule has 1 rings (SSSR count). The molecule has 3 N–H and O–H groups in total. The van der Waals surface area contributed by atoms with Crippen LogP contribution in [-0.4, -0.2) is 11.1 Å². The van der Waals surface area contributed by atoms with Gasteiger partial charge in [0.25, 0.3) is 0 Å². The van der Waals surface area contributed by atoms with Crippen LogP contribution in [0.4, 0.5) is 0 Å². The maximum atomic E-state index is 10.7. The molecule has 0 aromatic carbocycles. The molecule has 0 heterocycles. The van der Waals surface area contributed by atoms with E-state index in [9.17, 15) is 4.79 Å². The highest BCUT2D eigenvalue weighted by Crippen LogP contribution is 2.28. The van der Waals surface area contributed by atoms with Crippen LogP contribution in [0.15, 0.2) is 11.3 Å². The Morgan fingerprint density at radius 3 is 2.92 bits per heavy atom. The second kappa shape index (κ2) is 3.61. The third kappa shape index (κ3) is 1.60. The highest BCUT2D eigenvalue weighted by molar-refractivity contribution is 5.87. The SMILES string of the molecule is CCC1CCCC(C(=O)O)=C1N. The third-order valence-corrected chi connectivity index (χ3v) is 2.52. The van der Waals surface area contributed by atoms with Crippen molar-refractivity contribution in [3.8, 4) is 0 Å². The van der Waals surface area contributed by atoms with E-state index in [1.807, 2.05) is 6.92 Å². The zero-order chi connectivity index (χ0) is 9.14. The van der Waals surface area contributed by atoms with E-state index in [1.54, 1.807) is 0 Å². The predicted molar refractivity (Wildman–Crippen MR) is 46.5 cm³/mol. The molecule has 0 spiro atoms. The summed E-state index contributed by atoms with van der Waals surface area (Å²) in [5.41, 5.74) is 6.78. The van der Waals surface area contributed by atoms with Gasteiger partial charge in [0.1, 0.15) is 0 Å². The van der Waals surface area contributed by atoms with Crippen molar-refractivity contribution in [2.24, 2.45) is 11.7 Å². The Bertz CT molecular complexity index is 221. The zero-order valence-corrected chi connectivity index (χ0v) is 7.34. The molecule has 0 aromatic rings. The van der Waals surface area contributed by atoms with Gasteiger partial charge in [-0.3, -0.25) is 0 Å². The molecule has 3 heteroatoms. The van der Waals surface area contributed by atoms with Crippen LogP contribution >= 0.6 is 0 Å². The molecule has 1 aliphatic rings. The Kier molecular flexibility index (Phi) is 2.74. The van der Waals surface area contributed by atoms with Crippen LogP contribution in [0, 0.1) is 5.92 Å². The number of carbonyl (C=O) groups is 1. The quantitative estimate of drug-likeness (QED) is 0.658. The first-order valence-corrected chi connectivity index (χ1v) is 4.38. The van der Waals surface area contributed by atoms with Gasteiger partial charge >= 0.3 is 5.97 Å². The summed E-state index contributed by atoms with van der Waals surface area (Å²) in [5.74, 6) is -0.546. The molecule has 0 fully saturated rings.